The van der Waals surface area contributed by atoms with E-state index in [0.29, 0.717) is 6.04 Å². The van der Waals surface area contributed by atoms with Crippen LogP contribution < -0.4 is 5.32 Å². The first kappa shape index (κ1) is 12.9. The van der Waals surface area contributed by atoms with E-state index < -0.39 is 0 Å². The van der Waals surface area contributed by atoms with E-state index in [9.17, 15) is 0 Å². The summed E-state index contributed by atoms with van der Waals surface area (Å²) in [7, 11) is 2.02. The number of hydrogen-bond donors (Lipinski definition) is 1. The lowest BCUT2D eigenvalue weighted by molar-refractivity contribution is 0.605. The highest BCUT2D eigenvalue weighted by Gasteiger charge is 2.25. The van der Waals surface area contributed by atoms with Gasteiger partial charge in [0, 0.05) is 22.8 Å². The molecule has 0 bridgehead atoms. The van der Waals surface area contributed by atoms with Gasteiger partial charge in [0.2, 0.25) is 0 Å². The third kappa shape index (κ3) is 2.35. The quantitative estimate of drug-likeness (QED) is 0.916. The van der Waals surface area contributed by atoms with Gasteiger partial charge in [-0.1, -0.05) is 28.1 Å². The van der Waals surface area contributed by atoms with Crippen LogP contribution in [0, 0.1) is 6.92 Å². The fourth-order valence-electron chi connectivity index (χ4n) is 2.77. The molecule has 0 spiro atoms. The van der Waals surface area contributed by atoms with E-state index in [2.05, 4.69) is 52.4 Å². The number of halogens is 1. The molecule has 1 aromatic heterocycles. The first-order valence-electron chi connectivity index (χ1n) is 6.69. The van der Waals surface area contributed by atoms with Gasteiger partial charge >= 0.3 is 0 Å². The number of aryl methyl sites for hydroxylation is 1. The highest BCUT2D eigenvalue weighted by Crippen LogP contribution is 2.34. The van der Waals surface area contributed by atoms with E-state index in [4.69, 9.17) is 5.10 Å². The van der Waals surface area contributed by atoms with Gasteiger partial charge in [-0.2, -0.15) is 5.10 Å². The van der Waals surface area contributed by atoms with Crippen LogP contribution in [-0.2, 0) is 7.05 Å². The van der Waals surface area contributed by atoms with Crippen molar-refractivity contribution in [1.29, 1.82) is 0 Å². The van der Waals surface area contributed by atoms with Gasteiger partial charge in [0.1, 0.15) is 0 Å². The maximum atomic E-state index is 4.73. The van der Waals surface area contributed by atoms with Crippen LogP contribution >= 0.6 is 15.9 Å². The molecule has 100 valence electrons. The Bertz CT molecular complexity index is 580. The van der Waals surface area contributed by atoms with Gasteiger partial charge in [0.15, 0.2) is 0 Å². The van der Waals surface area contributed by atoms with E-state index in [-0.39, 0.29) is 0 Å². The first-order chi connectivity index (χ1) is 9.16. The highest BCUT2D eigenvalue weighted by molar-refractivity contribution is 9.10. The van der Waals surface area contributed by atoms with E-state index in [1.807, 2.05) is 11.7 Å². The van der Waals surface area contributed by atoms with Crippen LogP contribution in [0.1, 0.15) is 30.3 Å². The molecule has 0 saturated carbocycles. The monoisotopic (exact) mass is 319 g/mol. The maximum absolute atomic E-state index is 4.73. The van der Waals surface area contributed by atoms with Crippen LogP contribution in [0.4, 0.5) is 0 Å². The molecule has 0 radical (unpaired) electrons. The predicted molar refractivity (Wildman–Crippen MR) is 81.1 cm³/mol. The number of aromatic nitrogens is 2. The molecule has 1 saturated heterocycles. The molecule has 1 N–H and O–H groups in total. The molecule has 3 rings (SSSR count). The lowest BCUT2D eigenvalue weighted by atomic mass is 9.99. The van der Waals surface area contributed by atoms with Crippen LogP contribution in [0.3, 0.4) is 0 Å². The number of nitrogens with one attached hydrogen (secondary N) is 1. The molecular formula is C15H18BrN3. The van der Waals surface area contributed by atoms with Crippen molar-refractivity contribution in [3.63, 3.8) is 0 Å². The zero-order chi connectivity index (χ0) is 13.4. The molecule has 1 fully saturated rings. The van der Waals surface area contributed by atoms with Crippen molar-refractivity contribution in [2.45, 2.75) is 25.8 Å². The van der Waals surface area contributed by atoms with Gasteiger partial charge in [0.25, 0.3) is 0 Å². The summed E-state index contributed by atoms with van der Waals surface area (Å²) in [4.78, 5) is 0. The van der Waals surface area contributed by atoms with Crippen molar-refractivity contribution in [3.05, 3.63) is 40.1 Å². The number of rotatable bonds is 2. The average Bonchev–Trinajstić information content (AvgIpc) is 3.01. The van der Waals surface area contributed by atoms with E-state index in [0.717, 1.165) is 11.0 Å². The smallest absolute Gasteiger partial charge is 0.0874 e. The summed E-state index contributed by atoms with van der Waals surface area (Å²) >= 11 is 3.49. The Labute approximate surface area is 122 Å². The molecule has 4 heteroatoms. The zero-order valence-electron chi connectivity index (χ0n) is 11.3. The molecule has 2 aromatic rings. The predicted octanol–water partition coefficient (Wildman–Crippen LogP) is 3.58. The van der Waals surface area contributed by atoms with Crippen LogP contribution in [0.5, 0.6) is 0 Å². The second-order valence-electron chi connectivity index (χ2n) is 5.13. The summed E-state index contributed by atoms with van der Waals surface area (Å²) in [6, 6.07) is 8.90. The zero-order valence-corrected chi connectivity index (χ0v) is 12.9. The maximum Gasteiger partial charge on any atom is 0.0874 e. The topological polar surface area (TPSA) is 29.9 Å². The van der Waals surface area contributed by atoms with Crippen LogP contribution in [0.25, 0.3) is 11.1 Å². The fourth-order valence-corrected chi connectivity index (χ4v) is 3.03. The fraction of sp³-hybridized carbons (Fsp3) is 0.400. The van der Waals surface area contributed by atoms with Crippen molar-refractivity contribution < 1.29 is 0 Å². The minimum Gasteiger partial charge on any atom is -0.309 e. The largest absolute Gasteiger partial charge is 0.309 e. The van der Waals surface area contributed by atoms with Crippen molar-refractivity contribution in [2.24, 2.45) is 7.05 Å². The average molecular weight is 320 g/mol. The lowest BCUT2D eigenvalue weighted by Gasteiger charge is -2.10. The Hall–Kier alpha value is -1.13. The van der Waals surface area contributed by atoms with Gasteiger partial charge in [-0.15, -0.1) is 0 Å². The Balaban J connectivity index is 2.10. The summed E-state index contributed by atoms with van der Waals surface area (Å²) in [5.41, 5.74) is 4.96. The minimum atomic E-state index is 0.401. The lowest BCUT2D eigenvalue weighted by Crippen LogP contribution is -2.14. The van der Waals surface area contributed by atoms with Gasteiger partial charge < -0.3 is 5.32 Å². The summed E-state index contributed by atoms with van der Waals surface area (Å²) in [5.74, 6) is 0. The first-order valence-corrected chi connectivity index (χ1v) is 7.49. The van der Waals surface area contributed by atoms with E-state index in [1.54, 1.807) is 0 Å². The van der Waals surface area contributed by atoms with Crippen LogP contribution in [0.2, 0.25) is 0 Å². The number of benzene rings is 1. The third-order valence-electron chi connectivity index (χ3n) is 3.88. The molecule has 1 aromatic carbocycles. The van der Waals surface area contributed by atoms with Gasteiger partial charge in [-0.3, -0.25) is 4.68 Å². The van der Waals surface area contributed by atoms with Crippen molar-refractivity contribution in [3.8, 4) is 11.1 Å². The van der Waals surface area contributed by atoms with Crippen LogP contribution in [0.15, 0.2) is 28.7 Å². The molecule has 1 aliphatic rings. The Morgan fingerprint density at radius 1 is 1.32 bits per heavy atom. The second kappa shape index (κ2) is 5.10. The molecular weight excluding hydrogens is 302 g/mol. The normalized spacial score (nSPS) is 19.0. The van der Waals surface area contributed by atoms with Gasteiger partial charge in [-0.25, -0.2) is 0 Å². The van der Waals surface area contributed by atoms with Gasteiger partial charge in [-0.05, 0) is 44.0 Å². The number of nitrogens with zero attached hydrogens (tertiary/aromatic N) is 2. The summed E-state index contributed by atoms with van der Waals surface area (Å²) in [6.45, 7) is 3.24. The van der Waals surface area contributed by atoms with Crippen LogP contribution in [-0.4, -0.2) is 16.3 Å². The second-order valence-corrected chi connectivity index (χ2v) is 6.04. The molecule has 19 heavy (non-hydrogen) atoms. The minimum absolute atomic E-state index is 0.401. The SMILES string of the molecule is Cc1c(-c2ccc(Br)cc2)c(C2CCCN2)nn1C. The molecule has 2 heterocycles. The molecule has 1 atom stereocenters. The van der Waals surface area contributed by atoms with Crippen molar-refractivity contribution in [2.75, 3.05) is 6.54 Å². The Morgan fingerprint density at radius 3 is 2.68 bits per heavy atom. The third-order valence-corrected chi connectivity index (χ3v) is 4.41. The molecule has 1 aliphatic heterocycles. The summed E-state index contributed by atoms with van der Waals surface area (Å²) in [5, 5.41) is 8.28. The molecule has 0 aliphatic carbocycles. The highest BCUT2D eigenvalue weighted by atomic mass is 79.9. The molecule has 1 unspecified atom stereocenters. The van der Waals surface area contributed by atoms with Crippen molar-refractivity contribution in [1.82, 2.24) is 15.1 Å². The standard InChI is InChI=1S/C15H18BrN3/c1-10-14(11-5-7-12(16)8-6-11)15(18-19(10)2)13-4-3-9-17-13/h5-8,13,17H,3-4,9H2,1-2H3. The summed E-state index contributed by atoms with van der Waals surface area (Å²) in [6.07, 6.45) is 2.42. The molecule has 0 amide bonds. The van der Waals surface area contributed by atoms with Gasteiger partial charge in [0.05, 0.1) is 11.7 Å². The summed E-state index contributed by atoms with van der Waals surface area (Å²) < 4.78 is 3.10. The van der Waals surface area contributed by atoms with E-state index >= 15 is 0 Å². The molecule has 3 nitrogen and oxygen atoms in total. The Kier molecular flexibility index (Phi) is 3.46. The Morgan fingerprint density at radius 2 is 2.05 bits per heavy atom. The van der Waals surface area contributed by atoms with Crippen molar-refractivity contribution >= 4 is 15.9 Å². The number of hydrogen-bond acceptors (Lipinski definition) is 2. The van der Waals surface area contributed by atoms with E-state index in [1.165, 1.54) is 35.4 Å².